The number of amides is 2. The Labute approximate surface area is 132 Å². The fourth-order valence-electron chi connectivity index (χ4n) is 2.67. The topological polar surface area (TPSA) is 44.8 Å². The van der Waals surface area contributed by atoms with Gasteiger partial charge in [0.1, 0.15) is 0 Å². The lowest BCUT2D eigenvalue weighted by molar-refractivity contribution is 0.122. The van der Waals surface area contributed by atoms with Crippen molar-refractivity contribution in [2.45, 2.75) is 19.4 Å². The minimum absolute atomic E-state index is 0.0177. The van der Waals surface area contributed by atoms with Crippen LogP contribution in [0, 0.1) is 5.92 Å². The van der Waals surface area contributed by atoms with Gasteiger partial charge in [-0.25, -0.2) is 4.79 Å². The molecule has 1 aliphatic heterocycles. The largest absolute Gasteiger partial charge is 0.378 e. The van der Waals surface area contributed by atoms with Gasteiger partial charge in [-0.05, 0) is 36.5 Å². The molecule has 1 heterocycles. The number of benzene rings is 1. The fourth-order valence-corrected chi connectivity index (χ4v) is 2.67. The van der Waals surface area contributed by atoms with Gasteiger partial charge in [-0.2, -0.15) is 0 Å². The van der Waals surface area contributed by atoms with E-state index in [1.54, 1.807) is 4.90 Å². The van der Waals surface area contributed by atoms with E-state index in [9.17, 15) is 4.79 Å². The molecule has 120 valence electrons. The first-order valence-corrected chi connectivity index (χ1v) is 8.13. The highest BCUT2D eigenvalue weighted by atomic mass is 16.5. The maximum absolute atomic E-state index is 12.0. The highest BCUT2D eigenvalue weighted by molar-refractivity contribution is 5.73. The SMILES string of the molecule is CN(Cc1ccc(N2CCOCC2)cc1)C(=O)NCC1CC1. The van der Waals surface area contributed by atoms with Gasteiger partial charge >= 0.3 is 6.03 Å². The molecule has 2 amide bonds. The van der Waals surface area contributed by atoms with Crippen molar-refractivity contribution in [3.8, 4) is 0 Å². The number of ether oxygens (including phenoxy) is 1. The number of nitrogens with zero attached hydrogens (tertiary/aromatic N) is 2. The Hall–Kier alpha value is -1.75. The van der Waals surface area contributed by atoms with Gasteiger partial charge in [0.05, 0.1) is 13.2 Å². The zero-order chi connectivity index (χ0) is 15.4. The van der Waals surface area contributed by atoms with Crippen molar-refractivity contribution in [3.05, 3.63) is 29.8 Å². The van der Waals surface area contributed by atoms with E-state index in [0.717, 1.165) is 38.4 Å². The van der Waals surface area contributed by atoms with Gasteiger partial charge in [0, 0.05) is 38.9 Å². The Morgan fingerprint density at radius 2 is 1.95 bits per heavy atom. The standard InChI is InChI=1S/C17H25N3O2/c1-19(17(21)18-12-14-2-3-14)13-15-4-6-16(7-5-15)20-8-10-22-11-9-20/h4-7,14H,2-3,8-13H2,1H3,(H,18,21). The van der Waals surface area contributed by atoms with E-state index in [0.29, 0.717) is 12.5 Å². The van der Waals surface area contributed by atoms with Crippen LogP contribution in [0.5, 0.6) is 0 Å². The summed E-state index contributed by atoms with van der Waals surface area (Å²) in [5.41, 5.74) is 2.38. The summed E-state index contributed by atoms with van der Waals surface area (Å²) < 4.78 is 5.38. The van der Waals surface area contributed by atoms with E-state index in [2.05, 4.69) is 34.5 Å². The third-order valence-electron chi connectivity index (χ3n) is 4.32. The molecule has 5 nitrogen and oxygen atoms in total. The van der Waals surface area contributed by atoms with Crippen molar-refractivity contribution in [2.24, 2.45) is 5.92 Å². The number of nitrogens with one attached hydrogen (secondary N) is 1. The van der Waals surface area contributed by atoms with E-state index in [4.69, 9.17) is 4.74 Å². The maximum Gasteiger partial charge on any atom is 0.317 e. The van der Waals surface area contributed by atoms with Gasteiger partial charge in [0.2, 0.25) is 0 Å². The van der Waals surface area contributed by atoms with Gasteiger partial charge in [-0.3, -0.25) is 0 Å². The summed E-state index contributed by atoms with van der Waals surface area (Å²) in [5, 5.41) is 2.99. The van der Waals surface area contributed by atoms with Gasteiger partial charge in [0.25, 0.3) is 0 Å². The second kappa shape index (κ2) is 7.01. The van der Waals surface area contributed by atoms with Gasteiger partial charge in [0.15, 0.2) is 0 Å². The van der Waals surface area contributed by atoms with Crippen LogP contribution in [0.3, 0.4) is 0 Å². The fraction of sp³-hybridized carbons (Fsp3) is 0.588. The summed E-state index contributed by atoms with van der Waals surface area (Å²) in [6.07, 6.45) is 2.51. The average Bonchev–Trinajstić information content (AvgIpc) is 3.38. The van der Waals surface area contributed by atoms with E-state index in [1.165, 1.54) is 18.5 Å². The molecular weight excluding hydrogens is 278 g/mol. The molecule has 0 unspecified atom stereocenters. The Morgan fingerprint density at radius 3 is 2.59 bits per heavy atom. The molecule has 1 saturated carbocycles. The molecule has 0 aromatic heterocycles. The number of carbonyl (C=O) groups excluding carboxylic acids is 1. The van der Waals surface area contributed by atoms with Crippen LogP contribution >= 0.6 is 0 Å². The minimum atomic E-state index is 0.0177. The Bertz CT molecular complexity index is 493. The van der Waals surface area contributed by atoms with Gasteiger partial charge in [-0.1, -0.05) is 12.1 Å². The number of morpholine rings is 1. The summed E-state index contributed by atoms with van der Waals surface area (Å²) in [7, 11) is 1.85. The Balaban J connectivity index is 1.49. The van der Waals surface area contributed by atoms with Gasteiger partial charge in [-0.15, -0.1) is 0 Å². The molecule has 0 bridgehead atoms. The highest BCUT2D eigenvalue weighted by Gasteiger charge is 2.22. The number of urea groups is 1. The van der Waals surface area contributed by atoms with Crippen LogP contribution in [0.2, 0.25) is 0 Å². The zero-order valence-corrected chi connectivity index (χ0v) is 13.3. The lowest BCUT2D eigenvalue weighted by Gasteiger charge is -2.29. The second-order valence-electron chi connectivity index (χ2n) is 6.25. The van der Waals surface area contributed by atoms with Crippen molar-refractivity contribution < 1.29 is 9.53 Å². The summed E-state index contributed by atoms with van der Waals surface area (Å²) >= 11 is 0. The molecule has 1 aliphatic carbocycles. The predicted octanol–water partition coefficient (Wildman–Crippen LogP) is 2.07. The molecule has 0 atom stereocenters. The first-order chi connectivity index (χ1) is 10.7. The van der Waals surface area contributed by atoms with E-state index >= 15 is 0 Å². The third-order valence-corrected chi connectivity index (χ3v) is 4.32. The Morgan fingerprint density at radius 1 is 1.27 bits per heavy atom. The summed E-state index contributed by atoms with van der Waals surface area (Å²) in [6, 6.07) is 8.50. The van der Waals surface area contributed by atoms with Crippen molar-refractivity contribution in [3.63, 3.8) is 0 Å². The molecule has 5 heteroatoms. The molecule has 1 N–H and O–H groups in total. The zero-order valence-electron chi connectivity index (χ0n) is 13.3. The predicted molar refractivity (Wildman–Crippen MR) is 87.1 cm³/mol. The van der Waals surface area contributed by atoms with Crippen LogP contribution in [0.15, 0.2) is 24.3 Å². The molecular formula is C17H25N3O2. The molecule has 3 rings (SSSR count). The quantitative estimate of drug-likeness (QED) is 0.906. The smallest absolute Gasteiger partial charge is 0.317 e. The summed E-state index contributed by atoms with van der Waals surface area (Å²) in [6.45, 7) is 4.95. The first kappa shape index (κ1) is 15.2. The second-order valence-corrected chi connectivity index (χ2v) is 6.25. The van der Waals surface area contributed by atoms with Crippen molar-refractivity contribution in [2.75, 3.05) is 44.8 Å². The average molecular weight is 303 g/mol. The van der Waals surface area contributed by atoms with E-state index in [-0.39, 0.29) is 6.03 Å². The van der Waals surface area contributed by atoms with Crippen LogP contribution in [-0.2, 0) is 11.3 Å². The van der Waals surface area contributed by atoms with Crippen molar-refractivity contribution in [1.29, 1.82) is 0 Å². The Kier molecular flexibility index (Phi) is 4.83. The van der Waals surface area contributed by atoms with Crippen molar-refractivity contribution >= 4 is 11.7 Å². The molecule has 1 aromatic rings. The molecule has 1 saturated heterocycles. The number of hydrogen-bond acceptors (Lipinski definition) is 3. The number of carbonyl (C=O) groups is 1. The molecule has 2 aliphatic rings. The molecule has 22 heavy (non-hydrogen) atoms. The summed E-state index contributed by atoms with van der Waals surface area (Å²) in [5.74, 6) is 0.713. The van der Waals surface area contributed by atoms with Crippen LogP contribution in [0.1, 0.15) is 18.4 Å². The third kappa shape index (κ3) is 4.13. The molecule has 2 fully saturated rings. The van der Waals surface area contributed by atoms with E-state index in [1.807, 2.05) is 7.05 Å². The number of rotatable bonds is 5. The number of anilines is 1. The van der Waals surface area contributed by atoms with Crippen LogP contribution in [0.4, 0.5) is 10.5 Å². The first-order valence-electron chi connectivity index (χ1n) is 8.13. The lowest BCUT2D eigenvalue weighted by Crippen LogP contribution is -2.37. The van der Waals surface area contributed by atoms with Crippen LogP contribution in [0.25, 0.3) is 0 Å². The van der Waals surface area contributed by atoms with E-state index < -0.39 is 0 Å². The molecule has 0 spiro atoms. The lowest BCUT2D eigenvalue weighted by atomic mass is 10.2. The highest BCUT2D eigenvalue weighted by Crippen LogP contribution is 2.27. The summed E-state index contributed by atoms with van der Waals surface area (Å²) in [4.78, 5) is 16.1. The van der Waals surface area contributed by atoms with Crippen LogP contribution < -0.4 is 10.2 Å². The minimum Gasteiger partial charge on any atom is -0.378 e. The van der Waals surface area contributed by atoms with Crippen LogP contribution in [-0.4, -0.2) is 50.8 Å². The monoisotopic (exact) mass is 303 g/mol. The normalized spacial score (nSPS) is 18.1. The molecule has 1 aromatic carbocycles. The molecule has 0 radical (unpaired) electrons. The maximum atomic E-state index is 12.0. The van der Waals surface area contributed by atoms with Gasteiger partial charge < -0.3 is 19.9 Å². The number of hydrogen-bond donors (Lipinski definition) is 1. The van der Waals surface area contributed by atoms with Crippen molar-refractivity contribution in [1.82, 2.24) is 10.2 Å².